The van der Waals surface area contributed by atoms with E-state index in [2.05, 4.69) is 88.1 Å². The number of aliphatic imine (C=N–C) groups is 1. The van der Waals surface area contributed by atoms with Crippen LogP contribution in [0.2, 0.25) is 0 Å². The molecular weight excluding hydrogens is 1510 g/mol. The summed E-state index contributed by atoms with van der Waals surface area (Å²) in [5, 5.41) is 13.1. The summed E-state index contributed by atoms with van der Waals surface area (Å²) in [4.78, 5) is 102. The third kappa shape index (κ3) is 23.1. The van der Waals surface area contributed by atoms with Crippen LogP contribution in [0.3, 0.4) is 0 Å². The highest BCUT2D eigenvalue weighted by atomic mass is 16.5. The Morgan fingerprint density at radius 3 is 1.35 bits per heavy atom. The zero-order valence-corrected chi connectivity index (χ0v) is 69.8. The van der Waals surface area contributed by atoms with Crippen molar-refractivity contribution >= 4 is 121 Å². The van der Waals surface area contributed by atoms with Crippen LogP contribution in [0, 0.1) is 13.8 Å². The molecule has 28 heteroatoms. The lowest BCUT2D eigenvalue weighted by atomic mass is 10.1. The van der Waals surface area contributed by atoms with E-state index in [-0.39, 0.29) is 42.4 Å². The number of fused-ring (bicyclic) bond motifs is 5. The van der Waals surface area contributed by atoms with Crippen molar-refractivity contribution in [2.45, 2.75) is 39.8 Å². The van der Waals surface area contributed by atoms with Gasteiger partial charge in [0.15, 0.2) is 25.3 Å². The van der Waals surface area contributed by atoms with Crippen LogP contribution in [0.4, 0.5) is 60.8 Å². The second kappa shape index (κ2) is 41.3. The number of ketones is 3. The number of likely N-dealkylation sites (N-methyl/N-ethyl adjacent to an activating group) is 2. The number of anilines is 8. The Hall–Kier alpha value is -12.8. The van der Waals surface area contributed by atoms with Crippen LogP contribution < -0.4 is 65.4 Å². The van der Waals surface area contributed by atoms with Gasteiger partial charge in [-0.25, -0.2) is 14.4 Å². The number of ether oxygens (including phenoxy) is 6. The summed E-state index contributed by atoms with van der Waals surface area (Å²) in [6.45, 7) is 18.8. The first-order valence-electron chi connectivity index (χ1n) is 39.6. The highest BCUT2D eigenvalue weighted by Crippen LogP contribution is 2.38. The number of benzene rings is 8. The van der Waals surface area contributed by atoms with Gasteiger partial charge in [0.1, 0.15) is 28.7 Å². The molecule has 0 saturated carbocycles. The largest absolute Gasteiger partial charge is 0.497 e. The van der Waals surface area contributed by atoms with Gasteiger partial charge in [0.2, 0.25) is 23.4 Å². The molecule has 624 valence electrons. The predicted octanol–water partition coefficient (Wildman–Crippen LogP) is 13.9. The Labute approximate surface area is 694 Å². The van der Waals surface area contributed by atoms with Gasteiger partial charge in [0.05, 0.1) is 36.6 Å². The van der Waals surface area contributed by atoms with Crippen molar-refractivity contribution < 1.29 is 62.0 Å². The van der Waals surface area contributed by atoms with Crippen LogP contribution in [0.5, 0.6) is 28.7 Å². The molecule has 6 N–H and O–H groups in total. The van der Waals surface area contributed by atoms with Gasteiger partial charge in [-0.2, -0.15) is 4.99 Å². The maximum atomic E-state index is 13.6. The number of piperazine rings is 2. The zero-order valence-electron chi connectivity index (χ0n) is 69.8. The number of nitrogens with one attached hydrogen (secondary N) is 4. The monoisotopic (exact) mass is 1620 g/mol. The van der Waals surface area contributed by atoms with Crippen LogP contribution >= 0.6 is 0 Å². The number of isocyanates is 1. The Morgan fingerprint density at radius 1 is 0.504 bits per heavy atom. The Bertz CT molecular complexity index is 5300. The third-order valence-corrected chi connectivity index (χ3v) is 21.2. The van der Waals surface area contributed by atoms with E-state index in [0.29, 0.717) is 68.1 Å². The van der Waals surface area contributed by atoms with Crippen molar-refractivity contribution in [3.05, 3.63) is 209 Å². The van der Waals surface area contributed by atoms with E-state index in [4.69, 9.17) is 34.2 Å². The molecule has 16 rings (SSSR count). The molecule has 6 aliphatic rings. The van der Waals surface area contributed by atoms with E-state index < -0.39 is 6.03 Å². The average molecular weight is 1620 g/mol. The van der Waals surface area contributed by atoms with Crippen LogP contribution in [0.25, 0.3) is 27.9 Å². The molecule has 3 saturated heterocycles. The Balaban J connectivity index is 0.000000157. The first-order valence-corrected chi connectivity index (χ1v) is 39.6. The molecule has 0 spiro atoms. The summed E-state index contributed by atoms with van der Waals surface area (Å²) in [6, 6.07) is 48.8. The molecule has 2 aromatic heterocycles. The van der Waals surface area contributed by atoms with Crippen LogP contribution in [-0.2, 0) is 22.6 Å². The minimum atomic E-state index is -0.399. The molecule has 0 bridgehead atoms. The molecule has 3 fully saturated rings. The molecule has 0 radical (unpaired) electrons. The van der Waals surface area contributed by atoms with Crippen LogP contribution in [0.1, 0.15) is 71.2 Å². The van der Waals surface area contributed by atoms with Gasteiger partial charge in [-0.05, 0) is 211 Å². The molecule has 0 unspecified atom stereocenters. The molecule has 119 heavy (non-hydrogen) atoms. The second-order valence-electron chi connectivity index (χ2n) is 30.0. The fourth-order valence-electron chi connectivity index (χ4n) is 14.1. The third-order valence-electron chi connectivity index (χ3n) is 21.2. The predicted molar refractivity (Wildman–Crippen MR) is 471 cm³/mol. The minimum Gasteiger partial charge on any atom is -0.497 e. The van der Waals surface area contributed by atoms with E-state index in [1.54, 1.807) is 80.9 Å². The van der Waals surface area contributed by atoms with Gasteiger partial charge in [-0.15, -0.1) is 0 Å². The molecule has 0 aliphatic carbocycles. The zero-order chi connectivity index (χ0) is 84.8. The van der Waals surface area contributed by atoms with Crippen molar-refractivity contribution in [3.8, 4) is 28.7 Å². The average Bonchev–Trinajstić information content (AvgIpc) is 1.61. The highest BCUT2D eigenvalue weighted by Gasteiger charge is 2.30. The number of rotatable bonds is 18. The highest BCUT2D eigenvalue weighted by molar-refractivity contribution is 6.16. The van der Waals surface area contributed by atoms with E-state index >= 15 is 0 Å². The second-order valence-corrected chi connectivity index (χ2v) is 30.0. The quantitative estimate of drug-likeness (QED) is 0.0175. The first-order chi connectivity index (χ1) is 57.4. The fraction of sp³-hybridized carbons (Fsp3) is 0.330. The number of nitrogen functional groups attached to an aromatic ring is 1. The van der Waals surface area contributed by atoms with Crippen molar-refractivity contribution in [1.82, 2.24) is 28.7 Å². The van der Waals surface area contributed by atoms with Gasteiger partial charge >= 0.3 is 12.1 Å². The number of hydrogen-bond acceptors (Lipinski definition) is 22. The minimum absolute atomic E-state index is 0.00676. The summed E-state index contributed by atoms with van der Waals surface area (Å²) >= 11 is 0. The molecule has 0 atom stereocenters. The van der Waals surface area contributed by atoms with Gasteiger partial charge in [-0.1, -0.05) is 0 Å². The van der Waals surface area contributed by atoms with Gasteiger partial charge in [0.25, 0.3) is 0 Å². The Morgan fingerprint density at radius 2 is 0.916 bits per heavy atom. The van der Waals surface area contributed by atoms with Gasteiger partial charge in [-0.3, -0.25) is 29.0 Å². The van der Waals surface area contributed by atoms with Gasteiger partial charge < -0.3 is 89.1 Å². The number of hydrogen-bond donors (Lipinski definition) is 5. The number of nitrogens with zero attached hydrogens (tertiary/aromatic N) is 10. The lowest BCUT2D eigenvalue weighted by molar-refractivity contribution is 0.0954. The van der Waals surface area contributed by atoms with E-state index in [0.717, 1.165) is 171 Å². The standard InChI is InChI=1S/C35H40N6O4.C18H25N3O2.C17H17N3O3.C9H10N2O.C8H7NO2.C4H8O/c1-23-28(29-21-27(44-5)11-12-31(29)41(23)19-18-40-16-14-39(4)15-17-40)22-33-34(42)30-20-25(8-13-32(30)45-33)37-35(43)36-24-6-9-26(10-7-24)38(2)3;1-14-17(13-22)16-12-15(23-3)4-5-18(16)21(14)11-10-20-8-6-19(2)7-9-20;1-20(2)13-6-3-11(4-7-13)18-17(22)19-12-5-8-16-14(9-12)15(21)10-23-16;1-11(2)9-5-3-8(4-6-9)10-7-12;9-5-1-2-8-6(3-5)7(10)4-11-8;1-2-4-5-3-1/h6-13,20-22H,14-19H2,1-5H3,(H2,36,37,43);4-5,12-13H,6-11H2,1-3H3;3-9H,10H2,1-2H3,(H2,18,19,22);3-6H,1-2H3;1-3H,4,9H2;1-4H2/b33-22-;;;;;. The molecule has 28 nitrogen and oxygen atoms in total. The smallest absolute Gasteiger partial charge is 0.323 e. The molecule has 8 heterocycles. The topological polar surface area (TPSA) is 294 Å². The number of allylic oxidation sites excluding steroid dienone is 1. The molecule has 8 aromatic carbocycles. The van der Waals surface area contributed by atoms with E-state index in [1.165, 1.54) is 18.9 Å². The number of carbonyl (C=O) groups excluding carboxylic acids is 7. The summed E-state index contributed by atoms with van der Waals surface area (Å²) in [6.07, 6.45) is 6.85. The maximum absolute atomic E-state index is 13.6. The Kier molecular flexibility index (Phi) is 30.2. The van der Waals surface area contributed by atoms with Crippen molar-refractivity contribution in [2.75, 3.05) is 204 Å². The van der Waals surface area contributed by atoms with Crippen molar-refractivity contribution in [1.29, 1.82) is 0 Å². The number of nitrogens with two attached hydrogens (primary N) is 1. The first kappa shape index (κ1) is 87.0. The lowest BCUT2D eigenvalue weighted by Crippen LogP contribution is -2.45. The number of aromatic nitrogens is 2. The summed E-state index contributed by atoms with van der Waals surface area (Å²) < 4.78 is 36.7. The van der Waals surface area contributed by atoms with Crippen LogP contribution in [0.15, 0.2) is 175 Å². The van der Waals surface area contributed by atoms with Crippen molar-refractivity contribution in [3.63, 3.8) is 0 Å². The van der Waals surface area contributed by atoms with Gasteiger partial charge in [0, 0.05) is 224 Å². The maximum Gasteiger partial charge on any atom is 0.323 e. The summed E-state index contributed by atoms with van der Waals surface area (Å²) in [5.41, 5.74) is 19.8. The lowest BCUT2D eigenvalue weighted by Gasteiger charge is -2.32. The number of amides is 4. The number of methoxy groups -OCH3 is 2. The van der Waals surface area contributed by atoms with E-state index in [1.807, 2.05) is 155 Å². The summed E-state index contributed by atoms with van der Waals surface area (Å²) in [5.74, 6) is 3.15. The summed E-state index contributed by atoms with van der Waals surface area (Å²) in [7, 11) is 19.4. The molecule has 6 aliphatic heterocycles. The number of urea groups is 2. The molecular formula is C91H107N15O13. The fourth-order valence-corrected chi connectivity index (χ4v) is 14.1. The van der Waals surface area contributed by atoms with E-state index in [9.17, 15) is 33.6 Å². The normalized spacial score (nSPS) is 15.0. The van der Waals surface area contributed by atoms with Crippen molar-refractivity contribution in [2.24, 2.45) is 4.99 Å². The molecule has 4 amide bonds. The SMILES string of the molecule is C1CCOC1.CN(C)c1ccc(N=C=O)cc1.CN(C)c1ccc(NC(=O)Nc2ccc3c(c2)C(=O)CO3)cc1.COc1ccc2c(c1)c(/C=C1\Oc3ccc(NC(=O)Nc4ccc(N(C)C)cc4)cc3C1=O)c(C)n2CCN1CCN(C)CC1.COc1ccc2c(c1)c(C=O)c(C)n2CCN1CCN(C)CC1.Nc1ccc2c(c1)C(=O)CO2. The number of aldehydes is 1. The molecule has 10 aromatic rings. The van der Waals surface area contributed by atoms with Crippen LogP contribution in [-0.4, -0.2) is 233 Å². The number of carbonyl (C=O) groups is 6. The number of Topliss-reactive ketones (excluding diaryl/α,β-unsaturated/α-hetero) is 3.